The first-order valence-corrected chi connectivity index (χ1v) is 6.91. The monoisotopic (exact) mass is 224 g/mol. The summed E-state index contributed by atoms with van der Waals surface area (Å²) in [6.07, 6.45) is 2.09. The molecular formula is C7H16N2O2S2. The number of hydrogen-bond donors (Lipinski definition) is 1. The average Bonchev–Trinajstić information content (AvgIpc) is 2.18. The topological polar surface area (TPSA) is 49.4 Å². The van der Waals surface area contributed by atoms with Gasteiger partial charge in [0.15, 0.2) is 0 Å². The number of nitrogens with one attached hydrogen (secondary N) is 1. The van der Waals surface area contributed by atoms with Crippen molar-refractivity contribution in [3.63, 3.8) is 0 Å². The number of thioether (sulfide) groups is 1. The summed E-state index contributed by atoms with van der Waals surface area (Å²) in [4.78, 5) is 0. The summed E-state index contributed by atoms with van der Waals surface area (Å²) < 4.78 is 26.6. The summed E-state index contributed by atoms with van der Waals surface area (Å²) in [7, 11) is -0.140. The SMILES string of the molecule is CNS(=O)(=O)N(C)C1CCCSC1. The molecule has 0 aromatic rings. The highest BCUT2D eigenvalue weighted by Gasteiger charge is 2.26. The van der Waals surface area contributed by atoms with Crippen molar-refractivity contribution in [2.24, 2.45) is 0 Å². The molecule has 4 nitrogen and oxygen atoms in total. The minimum atomic E-state index is -3.23. The third-order valence-corrected chi connectivity index (χ3v) is 5.06. The van der Waals surface area contributed by atoms with E-state index in [0.29, 0.717) is 0 Å². The van der Waals surface area contributed by atoms with Gasteiger partial charge in [0.25, 0.3) is 10.2 Å². The lowest BCUT2D eigenvalue weighted by Gasteiger charge is -2.29. The lowest BCUT2D eigenvalue weighted by atomic mass is 10.2. The molecule has 0 aromatic carbocycles. The van der Waals surface area contributed by atoms with Crippen LogP contribution < -0.4 is 4.72 Å². The number of rotatable bonds is 3. The van der Waals surface area contributed by atoms with E-state index >= 15 is 0 Å². The van der Waals surface area contributed by atoms with E-state index in [1.807, 2.05) is 11.8 Å². The van der Waals surface area contributed by atoms with Gasteiger partial charge in [0.05, 0.1) is 0 Å². The van der Waals surface area contributed by atoms with Crippen LogP contribution in [0.25, 0.3) is 0 Å². The third kappa shape index (κ3) is 2.83. The minimum absolute atomic E-state index is 0.163. The zero-order valence-corrected chi connectivity index (χ0v) is 9.62. The van der Waals surface area contributed by atoms with Crippen LogP contribution in [-0.4, -0.2) is 44.4 Å². The molecule has 1 saturated heterocycles. The molecule has 6 heteroatoms. The van der Waals surface area contributed by atoms with Crippen LogP contribution in [0.1, 0.15) is 12.8 Å². The maximum absolute atomic E-state index is 11.4. The number of hydrogen-bond acceptors (Lipinski definition) is 3. The van der Waals surface area contributed by atoms with E-state index in [9.17, 15) is 8.42 Å². The Morgan fingerprint density at radius 2 is 2.23 bits per heavy atom. The fraction of sp³-hybridized carbons (Fsp3) is 1.00. The van der Waals surface area contributed by atoms with Crippen molar-refractivity contribution in [2.45, 2.75) is 18.9 Å². The van der Waals surface area contributed by atoms with Gasteiger partial charge in [-0.3, -0.25) is 0 Å². The Balaban J connectivity index is 2.60. The van der Waals surface area contributed by atoms with Gasteiger partial charge in [-0.15, -0.1) is 0 Å². The van der Waals surface area contributed by atoms with Crippen molar-refractivity contribution in [3.8, 4) is 0 Å². The van der Waals surface area contributed by atoms with Gasteiger partial charge >= 0.3 is 0 Å². The Bertz CT molecular complexity index is 247. The normalized spacial score (nSPS) is 25.0. The first kappa shape index (κ1) is 11.3. The second kappa shape index (κ2) is 4.63. The van der Waals surface area contributed by atoms with E-state index in [0.717, 1.165) is 24.3 Å². The van der Waals surface area contributed by atoms with Crippen LogP contribution in [0.2, 0.25) is 0 Å². The van der Waals surface area contributed by atoms with E-state index in [4.69, 9.17) is 0 Å². The molecule has 0 aliphatic carbocycles. The highest BCUT2D eigenvalue weighted by Crippen LogP contribution is 2.21. The van der Waals surface area contributed by atoms with Gasteiger partial charge < -0.3 is 0 Å². The molecule has 0 spiro atoms. The molecule has 1 aliphatic heterocycles. The van der Waals surface area contributed by atoms with Crippen molar-refractivity contribution in [2.75, 3.05) is 25.6 Å². The average molecular weight is 224 g/mol. The highest BCUT2D eigenvalue weighted by molar-refractivity contribution is 7.99. The first-order chi connectivity index (χ1) is 6.08. The van der Waals surface area contributed by atoms with E-state index in [1.54, 1.807) is 7.05 Å². The molecule has 1 heterocycles. The molecule has 13 heavy (non-hydrogen) atoms. The highest BCUT2D eigenvalue weighted by atomic mass is 32.2. The molecule has 1 rings (SSSR count). The molecule has 1 unspecified atom stereocenters. The standard InChI is InChI=1S/C7H16N2O2S2/c1-8-13(10,11)9(2)7-4-3-5-12-6-7/h7-8H,3-6H2,1-2H3. The van der Waals surface area contributed by atoms with Crippen molar-refractivity contribution in [3.05, 3.63) is 0 Å². The summed E-state index contributed by atoms with van der Waals surface area (Å²) in [5, 5.41) is 0. The van der Waals surface area contributed by atoms with Crippen molar-refractivity contribution in [1.29, 1.82) is 0 Å². The maximum atomic E-state index is 11.4. The van der Waals surface area contributed by atoms with Crippen LogP contribution in [-0.2, 0) is 10.2 Å². The molecule has 1 N–H and O–H groups in total. The van der Waals surface area contributed by atoms with Crippen LogP contribution >= 0.6 is 11.8 Å². The molecule has 0 bridgehead atoms. The maximum Gasteiger partial charge on any atom is 0.279 e. The summed E-state index contributed by atoms with van der Waals surface area (Å²) in [5.74, 6) is 2.07. The summed E-state index contributed by atoms with van der Waals surface area (Å²) in [5.41, 5.74) is 0. The summed E-state index contributed by atoms with van der Waals surface area (Å²) in [6.45, 7) is 0. The second-order valence-electron chi connectivity index (χ2n) is 3.10. The molecule has 0 radical (unpaired) electrons. The van der Waals surface area contributed by atoms with Crippen molar-refractivity contribution >= 4 is 22.0 Å². The molecule has 0 saturated carbocycles. The third-order valence-electron chi connectivity index (χ3n) is 2.29. The fourth-order valence-electron chi connectivity index (χ4n) is 1.35. The predicted octanol–water partition coefficient (Wildman–Crippen LogP) is 0.278. The quantitative estimate of drug-likeness (QED) is 0.749. The van der Waals surface area contributed by atoms with E-state index in [-0.39, 0.29) is 6.04 Å². The van der Waals surface area contributed by atoms with E-state index < -0.39 is 10.2 Å². The van der Waals surface area contributed by atoms with Crippen LogP contribution in [0.4, 0.5) is 0 Å². The van der Waals surface area contributed by atoms with Gasteiger partial charge in [0.1, 0.15) is 0 Å². The van der Waals surface area contributed by atoms with Gasteiger partial charge in [-0.1, -0.05) is 0 Å². The van der Waals surface area contributed by atoms with Crippen molar-refractivity contribution in [1.82, 2.24) is 9.03 Å². The Morgan fingerprint density at radius 1 is 1.54 bits per heavy atom. The Hall–Kier alpha value is 0.220. The molecule has 1 fully saturated rings. The van der Waals surface area contributed by atoms with Gasteiger partial charge in [-0.2, -0.15) is 24.5 Å². The molecule has 1 aliphatic rings. The van der Waals surface area contributed by atoms with Crippen LogP contribution in [0.15, 0.2) is 0 Å². The summed E-state index contributed by atoms with van der Waals surface area (Å²) >= 11 is 1.82. The van der Waals surface area contributed by atoms with Gasteiger partial charge in [-0.05, 0) is 18.6 Å². The smallest absolute Gasteiger partial charge is 0.205 e. The molecule has 0 aromatic heterocycles. The van der Waals surface area contributed by atoms with Crippen molar-refractivity contribution < 1.29 is 8.42 Å². The zero-order chi connectivity index (χ0) is 9.90. The van der Waals surface area contributed by atoms with E-state index in [1.165, 1.54) is 11.4 Å². The fourth-order valence-corrected chi connectivity index (χ4v) is 3.51. The second-order valence-corrected chi connectivity index (χ2v) is 6.18. The number of nitrogens with zero attached hydrogens (tertiary/aromatic N) is 1. The largest absolute Gasteiger partial charge is 0.279 e. The first-order valence-electron chi connectivity index (χ1n) is 4.32. The predicted molar refractivity (Wildman–Crippen MR) is 56.1 cm³/mol. The summed E-state index contributed by atoms with van der Waals surface area (Å²) in [6, 6.07) is 0.163. The van der Waals surface area contributed by atoms with Gasteiger partial charge in [0.2, 0.25) is 0 Å². The zero-order valence-electron chi connectivity index (χ0n) is 7.99. The molecule has 78 valence electrons. The molecular weight excluding hydrogens is 208 g/mol. The molecule has 1 atom stereocenters. The Kier molecular flexibility index (Phi) is 4.03. The van der Waals surface area contributed by atoms with E-state index in [2.05, 4.69) is 4.72 Å². The Labute approximate surface area is 84.3 Å². The Morgan fingerprint density at radius 3 is 2.69 bits per heavy atom. The molecule has 0 amide bonds. The lowest BCUT2D eigenvalue weighted by Crippen LogP contribution is -2.44. The van der Waals surface area contributed by atoms with Crippen LogP contribution in [0.5, 0.6) is 0 Å². The van der Waals surface area contributed by atoms with Gasteiger partial charge in [0, 0.05) is 25.9 Å². The minimum Gasteiger partial charge on any atom is -0.205 e. The van der Waals surface area contributed by atoms with Gasteiger partial charge in [-0.25, -0.2) is 4.72 Å². The van der Waals surface area contributed by atoms with Crippen LogP contribution in [0, 0.1) is 0 Å². The lowest BCUT2D eigenvalue weighted by molar-refractivity contribution is 0.365. The van der Waals surface area contributed by atoms with Crippen LogP contribution in [0.3, 0.4) is 0 Å².